The smallest absolute Gasteiger partial charge is 0.230 e. The fourth-order valence-corrected chi connectivity index (χ4v) is 4.72. The van der Waals surface area contributed by atoms with Crippen LogP contribution in [0, 0.1) is 20.8 Å². The van der Waals surface area contributed by atoms with Crippen molar-refractivity contribution in [1.29, 1.82) is 0 Å². The monoisotopic (exact) mass is 412 g/mol. The van der Waals surface area contributed by atoms with E-state index in [1.165, 1.54) is 16.7 Å². The van der Waals surface area contributed by atoms with Crippen LogP contribution in [0.25, 0.3) is 0 Å². The second kappa shape index (κ2) is 9.26. The Morgan fingerprint density at radius 1 is 1.14 bits per heavy atom. The van der Waals surface area contributed by atoms with Crippen molar-refractivity contribution >= 4 is 34.7 Å². The third-order valence-corrected chi connectivity index (χ3v) is 6.48. The van der Waals surface area contributed by atoms with Crippen LogP contribution in [0.4, 0.5) is 5.69 Å². The van der Waals surface area contributed by atoms with E-state index in [0.717, 1.165) is 21.3 Å². The Labute approximate surface area is 174 Å². The number of thiazole rings is 1. The molecule has 0 saturated heterocycles. The molecule has 146 valence electrons. The number of nitrogens with zero attached hydrogens (tertiary/aromatic N) is 1. The van der Waals surface area contributed by atoms with Gasteiger partial charge in [-0.3, -0.25) is 4.79 Å². The maximum atomic E-state index is 12.4. The van der Waals surface area contributed by atoms with Gasteiger partial charge in [-0.05, 0) is 49.6 Å². The van der Waals surface area contributed by atoms with Crippen LogP contribution in [0.1, 0.15) is 27.9 Å². The number of aryl methyl sites for hydroxylation is 3. The van der Waals surface area contributed by atoms with E-state index in [2.05, 4.69) is 42.3 Å². The van der Waals surface area contributed by atoms with Crippen molar-refractivity contribution in [2.45, 2.75) is 37.3 Å². The first kappa shape index (κ1) is 20.4. The first-order valence-electron chi connectivity index (χ1n) is 9.02. The first-order valence-corrected chi connectivity index (χ1v) is 10.9. The highest BCUT2D eigenvalue weighted by molar-refractivity contribution is 8.00. The zero-order valence-corrected chi connectivity index (χ0v) is 18.2. The SMILES string of the molecule is COc1ccc(C)cc1NC(=O)Cc1csc(SCc2cc(C)ccc2C)n1. The summed E-state index contributed by atoms with van der Waals surface area (Å²) in [6.07, 6.45) is 0.248. The Balaban J connectivity index is 1.59. The number of aromatic nitrogens is 1. The molecule has 0 bridgehead atoms. The minimum Gasteiger partial charge on any atom is -0.495 e. The number of hydrogen-bond donors (Lipinski definition) is 1. The molecule has 0 spiro atoms. The predicted molar refractivity (Wildman–Crippen MR) is 118 cm³/mol. The molecule has 1 aromatic heterocycles. The third kappa shape index (κ3) is 5.36. The third-order valence-electron chi connectivity index (χ3n) is 4.36. The summed E-state index contributed by atoms with van der Waals surface area (Å²) in [7, 11) is 1.60. The van der Waals surface area contributed by atoms with Gasteiger partial charge in [0.05, 0.1) is 24.9 Å². The zero-order chi connectivity index (χ0) is 20.1. The number of nitrogens with one attached hydrogen (secondary N) is 1. The maximum Gasteiger partial charge on any atom is 0.230 e. The molecule has 2 aromatic carbocycles. The molecule has 0 aliphatic rings. The lowest BCUT2D eigenvalue weighted by Crippen LogP contribution is -2.15. The molecule has 1 amide bonds. The molecule has 4 nitrogen and oxygen atoms in total. The molecular formula is C22H24N2O2S2. The van der Waals surface area contributed by atoms with Gasteiger partial charge in [-0.15, -0.1) is 11.3 Å². The topological polar surface area (TPSA) is 51.2 Å². The van der Waals surface area contributed by atoms with Crippen molar-refractivity contribution in [2.24, 2.45) is 0 Å². The lowest BCUT2D eigenvalue weighted by atomic mass is 10.1. The van der Waals surface area contributed by atoms with E-state index in [1.54, 1.807) is 30.2 Å². The Morgan fingerprint density at radius 2 is 1.89 bits per heavy atom. The highest BCUT2D eigenvalue weighted by Gasteiger charge is 2.12. The fourth-order valence-electron chi connectivity index (χ4n) is 2.81. The van der Waals surface area contributed by atoms with Gasteiger partial charge < -0.3 is 10.1 Å². The number of methoxy groups -OCH3 is 1. The van der Waals surface area contributed by atoms with Crippen LogP contribution >= 0.6 is 23.1 Å². The normalized spacial score (nSPS) is 10.7. The van der Waals surface area contributed by atoms with Gasteiger partial charge in [-0.25, -0.2) is 4.98 Å². The quantitative estimate of drug-likeness (QED) is 0.517. The number of carbonyl (C=O) groups is 1. The molecule has 3 aromatic rings. The van der Waals surface area contributed by atoms with E-state index in [-0.39, 0.29) is 12.3 Å². The maximum absolute atomic E-state index is 12.4. The van der Waals surface area contributed by atoms with Crippen LogP contribution in [0.15, 0.2) is 46.1 Å². The van der Waals surface area contributed by atoms with Crippen LogP contribution in [0.3, 0.4) is 0 Å². The molecule has 28 heavy (non-hydrogen) atoms. The summed E-state index contributed by atoms with van der Waals surface area (Å²) < 4.78 is 6.30. The van der Waals surface area contributed by atoms with Gasteiger partial charge in [-0.2, -0.15) is 0 Å². The molecule has 1 N–H and O–H groups in total. The molecular weight excluding hydrogens is 388 g/mol. The van der Waals surface area contributed by atoms with E-state index < -0.39 is 0 Å². The number of thioether (sulfide) groups is 1. The van der Waals surface area contributed by atoms with E-state index >= 15 is 0 Å². The van der Waals surface area contributed by atoms with Crippen LogP contribution in [-0.2, 0) is 17.0 Å². The molecule has 0 fully saturated rings. The lowest BCUT2D eigenvalue weighted by molar-refractivity contribution is -0.115. The number of ether oxygens (including phenoxy) is 1. The minimum atomic E-state index is -0.0970. The molecule has 0 atom stereocenters. The van der Waals surface area contributed by atoms with Crippen LogP contribution in [0.5, 0.6) is 5.75 Å². The van der Waals surface area contributed by atoms with Crippen LogP contribution in [-0.4, -0.2) is 18.0 Å². The molecule has 0 saturated carbocycles. The van der Waals surface area contributed by atoms with Gasteiger partial charge in [0.2, 0.25) is 5.91 Å². The number of carbonyl (C=O) groups excluding carboxylic acids is 1. The number of hydrogen-bond acceptors (Lipinski definition) is 5. The summed E-state index contributed by atoms with van der Waals surface area (Å²) in [5.41, 5.74) is 6.43. The average molecular weight is 413 g/mol. The average Bonchev–Trinajstić information content (AvgIpc) is 3.10. The fraction of sp³-hybridized carbons (Fsp3) is 0.273. The van der Waals surface area contributed by atoms with Gasteiger partial charge in [0, 0.05) is 11.1 Å². The van der Waals surface area contributed by atoms with Gasteiger partial charge >= 0.3 is 0 Å². The zero-order valence-electron chi connectivity index (χ0n) is 16.5. The summed E-state index contributed by atoms with van der Waals surface area (Å²) in [5.74, 6) is 1.44. The summed E-state index contributed by atoms with van der Waals surface area (Å²) in [6.45, 7) is 6.22. The van der Waals surface area contributed by atoms with Crippen LogP contribution in [0.2, 0.25) is 0 Å². The van der Waals surface area contributed by atoms with Crippen LogP contribution < -0.4 is 10.1 Å². The highest BCUT2D eigenvalue weighted by atomic mass is 32.2. The molecule has 0 radical (unpaired) electrons. The van der Waals surface area contributed by atoms with Gasteiger partial charge in [0.15, 0.2) is 0 Å². The lowest BCUT2D eigenvalue weighted by Gasteiger charge is -2.10. The second-order valence-corrected chi connectivity index (χ2v) is 8.83. The molecule has 3 rings (SSSR count). The minimum absolute atomic E-state index is 0.0970. The first-order chi connectivity index (χ1) is 13.4. The van der Waals surface area contributed by atoms with Crippen molar-refractivity contribution in [1.82, 2.24) is 4.98 Å². The molecule has 0 aliphatic carbocycles. The summed E-state index contributed by atoms with van der Waals surface area (Å²) in [4.78, 5) is 17.0. The predicted octanol–water partition coefficient (Wildman–Crippen LogP) is 5.55. The standard InChI is InChI=1S/C22H24N2O2S2/c1-14-5-7-16(3)17(9-14)12-27-22-23-18(13-28-22)11-21(25)24-19-10-15(2)6-8-20(19)26-4/h5-10,13H,11-12H2,1-4H3,(H,24,25). The van der Waals surface area contributed by atoms with Crippen molar-refractivity contribution in [3.63, 3.8) is 0 Å². The Morgan fingerprint density at radius 3 is 2.68 bits per heavy atom. The van der Waals surface area contributed by atoms with Gasteiger partial charge in [-0.1, -0.05) is 41.6 Å². The number of rotatable bonds is 7. The Hall–Kier alpha value is -2.31. The number of amides is 1. The van der Waals surface area contributed by atoms with Crippen molar-refractivity contribution < 1.29 is 9.53 Å². The highest BCUT2D eigenvalue weighted by Crippen LogP contribution is 2.29. The second-order valence-electron chi connectivity index (χ2n) is 6.75. The molecule has 6 heteroatoms. The van der Waals surface area contributed by atoms with E-state index in [4.69, 9.17) is 4.74 Å². The summed E-state index contributed by atoms with van der Waals surface area (Å²) >= 11 is 3.30. The Kier molecular flexibility index (Phi) is 6.75. The van der Waals surface area contributed by atoms with Gasteiger partial charge in [0.25, 0.3) is 0 Å². The summed E-state index contributed by atoms with van der Waals surface area (Å²) in [6, 6.07) is 12.2. The summed E-state index contributed by atoms with van der Waals surface area (Å²) in [5, 5.41) is 4.88. The van der Waals surface area contributed by atoms with E-state index in [1.807, 2.05) is 30.5 Å². The van der Waals surface area contributed by atoms with E-state index in [9.17, 15) is 4.79 Å². The number of anilines is 1. The largest absolute Gasteiger partial charge is 0.495 e. The van der Waals surface area contributed by atoms with Crippen molar-refractivity contribution in [2.75, 3.05) is 12.4 Å². The van der Waals surface area contributed by atoms with Crippen molar-refractivity contribution in [3.8, 4) is 5.75 Å². The molecule has 1 heterocycles. The van der Waals surface area contributed by atoms with Gasteiger partial charge in [0.1, 0.15) is 10.1 Å². The molecule has 0 unspecified atom stereocenters. The number of benzene rings is 2. The van der Waals surface area contributed by atoms with Crippen molar-refractivity contribution in [3.05, 3.63) is 69.7 Å². The van der Waals surface area contributed by atoms with E-state index in [0.29, 0.717) is 11.4 Å². The Bertz CT molecular complexity index is 982. The molecule has 0 aliphatic heterocycles.